The Labute approximate surface area is 293 Å². The molecule has 1 heterocycles. The standard InChI is InChI=1S/C49H37N/c1-49(2,3)36-27-29-42-44(31-36)48(40-23-12-19-33-15-8-10-21-38(33)40)41-28-26-35(46-25-13-24-45(50-46)34-16-5-4-6-17-34)30-43(41)47(42)39-22-11-18-32-14-7-9-20-37(32)39/h4-31H,1-3H3. The SMILES string of the molecule is CC(C)(C)c1ccc2c(-c3cccc4ccccc34)c3cc(-c4cccc(-c5ccccc5)n4)ccc3c(-c3cccc4ccccc34)c2c1. The summed E-state index contributed by atoms with van der Waals surface area (Å²) in [6, 6.07) is 61.9. The fraction of sp³-hybridized carbons (Fsp3) is 0.0816. The van der Waals surface area contributed by atoms with E-state index in [9.17, 15) is 0 Å². The van der Waals surface area contributed by atoms with E-state index in [1.165, 1.54) is 70.9 Å². The largest absolute Gasteiger partial charge is 0.248 e. The van der Waals surface area contributed by atoms with E-state index < -0.39 is 0 Å². The third kappa shape index (κ3) is 5.06. The van der Waals surface area contributed by atoms with E-state index in [0.29, 0.717) is 0 Å². The van der Waals surface area contributed by atoms with Gasteiger partial charge in [-0.2, -0.15) is 0 Å². The Morgan fingerprint density at radius 1 is 0.360 bits per heavy atom. The summed E-state index contributed by atoms with van der Waals surface area (Å²) in [4.78, 5) is 5.19. The summed E-state index contributed by atoms with van der Waals surface area (Å²) in [5.74, 6) is 0. The van der Waals surface area contributed by atoms with Gasteiger partial charge in [-0.05, 0) is 101 Å². The number of hydrogen-bond donors (Lipinski definition) is 0. The van der Waals surface area contributed by atoms with E-state index in [2.05, 4.69) is 185 Å². The van der Waals surface area contributed by atoms with Gasteiger partial charge in [-0.3, -0.25) is 0 Å². The van der Waals surface area contributed by atoms with Crippen molar-refractivity contribution in [2.24, 2.45) is 0 Å². The van der Waals surface area contributed by atoms with Gasteiger partial charge >= 0.3 is 0 Å². The summed E-state index contributed by atoms with van der Waals surface area (Å²) in [5, 5.41) is 10.0. The molecular weight excluding hydrogens is 603 g/mol. The summed E-state index contributed by atoms with van der Waals surface area (Å²) in [7, 11) is 0. The molecule has 0 spiro atoms. The summed E-state index contributed by atoms with van der Waals surface area (Å²) in [6.45, 7) is 6.92. The highest BCUT2D eigenvalue weighted by molar-refractivity contribution is 6.25. The van der Waals surface area contributed by atoms with Crippen molar-refractivity contribution >= 4 is 43.1 Å². The molecule has 0 aliphatic rings. The predicted octanol–water partition coefficient (Wildman–Crippen LogP) is 13.7. The van der Waals surface area contributed by atoms with Gasteiger partial charge in [0.05, 0.1) is 11.4 Å². The Morgan fingerprint density at radius 3 is 1.48 bits per heavy atom. The van der Waals surface area contributed by atoms with Crippen LogP contribution in [0.4, 0.5) is 0 Å². The van der Waals surface area contributed by atoms with Gasteiger partial charge in [0, 0.05) is 11.1 Å². The molecule has 50 heavy (non-hydrogen) atoms. The molecule has 9 aromatic rings. The highest BCUT2D eigenvalue weighted by Crippen LogP contribution is 2.48. The van der Waals surface area contributed by atoms with Crippen LogP contribution in [0.3, 0.4) is 0 Å². The van der Waals surface area contributed by atoms with Gasteiger partial charge in [-0.1, -0.05) is 166 Å². The van der Waals surface area contributed by atoms with Crippen molar-refractivity contribution in [3.63, 3.8) is 0 Å². The molecule has 1 heteroatoms. The second-order valence-electron chi connectivity index (χ2n) is 14.3. The van der Waals surface area contributed by atoms with Crippen LogP contribution in [-0.2, 0) is 5.41 Å². The number of benzene rings is 8. The molecule has 0 N–H and O–H groups in total. The Kier molecular flexibility index (Phi) is 7.10. The van der Waals surface area contributed by atoms with Crippen LogP contribution < -0.4 is 0 Å². The maximum atomic E-state index is 5.19. The van der Waals surface area contributed by atoms with Crippen LogP contribution in [0, 0.1) is 0 Å². The smallest absolute Gasteiger partial charge is 0.0709 e. The Hall–Kier alpha value is -6.05. The number of fused-ring (bicyclic) bond motifs is 4. The highest BCUT2D eigenvalue weighted by atomic mass is 14.7. The van der Waals surface area contributed by atoms with Crippen LogP contribution >= 0.6 is 0 Å². The highest BCUT2D eigenvalue weighted by Gasteiger charge is 2.22. The van der Waals surface area contributed by atoms with Gasteiger partial charge in [0.15, 0.2) is 0 Å². The summed E-state index contributed by atoms with van der Waals surface area (Å²) in [5.41, 5.74) is 10.5. The van der Waals surface area contributed by atoms with E-state index in [1.54, 1.807) is 0 Å². The number of hydrogen-bond acceptors (Lipinski definition) is 1. The van der Waals surface area contributed by atoms with Gasteiger partial charge in [0.2, 0.25) is 0 Å². The molecule has 0 saturated carbocycles. The molecule has 0 amide bonds. The second kappa shape index (κ2) is 11.8. The van der Waals surface area contributed by atoms with Crippen LogP contribution in [0.1, 0.15) is 26.3 Å². The molecule has 0 bridgehead atoms. The van der Waals surface area contributed by atoms with Crippen LogP contribution in [0.25, 0.3) is 87.9 Å². The van der Waals surface area contributed by atoms with Crippen molar-refractivity contribution in [3.05, 3.63) is 175 Å². The van der Waals surface area contributed by atoms with Crippen molar-refractivity contribution in [2.75, 3.05) is 0 Å². The normalized spacial score (nSPS) is 11.9. The molecule has 0 fully saturated rings. The third-order valence-corrected chi connectivity index (χ3v) is 10.2. The number of nitrogens with zero attached hydrogens (tertiary/aromatic N) is 1. The van der Waals surface area contributed by atoms with E-state index in [0.717, 1.165) is 22.5 Å². The predicted molar refractivity (Wildman–Crippen MR) is 215 cm³/mol. The molecule has 0 radical (unpaired) electrons. The van der Waals surface area contributed by atoms with Crippen molar-refractivity contribution in [1.29, 1.82) is 0 Å². The average molecular weight is 640 g/mol. The van der Waals surface area contributed by atoms with Gasteiger partial charge in [-0.15, -0.1) is 0 Å². The first-order valence-electron chi connectivity index (χ1n) is 17.5. The van der Waals surface area contributed by atoms with Gasteiger partial charge in [0.1, 0.15) is 0 Å². The maximum Gasteiger partial charge on any atom is 0.0709 e. The first-order valence-corrected chi connectivity index (χ1v) is 17.5. The molecule has 0 unspecified atom stereocenters. The minimum Gasteiger partial charge on any atom is -0.248 e. The van der Waals surface area contributed by atoms with E-state index >= 15 is 0 Å². The van der Waals surface area contributed by atoms with Crippen molar-refractivity contribution in [2.45, 2.75) is 26.2 Å². The van der Waals surface area contributed by atoms with Crippen LogP contribution in [0.15, 0.2) is 170 Å². The molecule has 0 aliphatic heterocycles. The average Bonchev–Trinajstić information content (AvgIpc) is 3.16. The van der Waals surface area contributed by atoms with Crippen LogP contribution in [-0.4, -0.2) is 4.98 Å². The van der Waals surface area contributed by atoms with Gasteiger partial charge < -0.3 is 0 Å². The van der Waals surface area contributed by atoms with Crippen molar-refractivity contribution in [3.8, 4) is 44.8 Å². The quantitative estimate of drug-likeness (QED) is 0.175. The van der Waals surface area contributed by atoms with Crippen LogP contribution in [0.5, 0.6) is 0 Å². The minimum atomic E-state index is -0.00191. The minimum absolute atomic E-state index is 0.00191. The zero-order chi connectivity index (χ0) is 33.8. The van der Waals surface area contributed by atoms with E-state index in [4.69, 9.17) is 4.98 Å². The van der Waals surface area contributed by atoms with E-state index in [1.807, 2.05) is 6.07 Å². The zero-order valence-electron chi connectivity index (χ0n) is 28.6. The zero-order valence-corrected chi connectivity index (χ0v) is 28.6. The molecule has 1 nitrogen and oxygen atoms in total. The van der Waals surface area contributed by atoms with Gasteiger partial charge in [-0.25, -0.2) is 4.98 Å². The number of rotatable bonds is 4. The van der Waals surface area contributed by atoms with Crippen molar-refractivity contribution < 1.29 is 0 Å². The molecule has 0 atom stereocenters. The number of pyridine rings is 1. The van der Waals surface area contributed by atoms with Crippen LogP contribution in [0.2, 0.25) is 0 Å². The third-order valence-electron chi connectivity index (χ3n) is 10.2. The molecule has 238 valence electrons. The molecule has 8 aromatic carbocycles. The van der Waals surface area contributed by atoms with Crippen molar-refractivity contribution in [1.82, 2.24) is 4.98 Å². The Balaban J connectivity index is 1.44. The molecular formula is C49H37N. The molecule has 9 rings (SSSR count). The monoisotopic (exact) mass is 639 g/mol. The lowest BCUT2D eigenvalue weighted by atomic mass is 9.80. The topological polar surface area (TPSA) is 12.9 Å². The lowest BCUT2D eigenvalue weighted by Crippen LogP contribution is -2.10. The first-order chi connectivity index (χ1) is 24.4. The lowest BCUT2D eigenvalue weighted by Gasteiger charge is -2.24. The van der Waals surface area contributed by atoms with Gasteiger partial charge in [0.25, 0.3) is 0 Å². The fourth-order valence-electron chi connectivity index (χ4n) is 7.69. The number of aromatic nitrogens is 1. The molecule has 0 saturated heterocycles. The fourth-order valence-corrected chi connectivity index (χ4v) is 7.69. The maximum absolute atomic E-state index is 5.19. The summed E-state index contributed by atoms with van der Waals surface area (Å²) in [6.07, 6.45) is 0. The summed E-state index contributed by atoms with van der Waals surface area (Å²) < 4.78 is 0. The molecule has 1 aromatic heterocycles. The van der Waals surface area contributed by atoms with E-state index in [-0.39, 0.29) is 5.41 Å². The first kappa shape index (κ1) is 30.0. The lowest BCUT2D eigenvalue weighted by molar-refractivity contribution is 0.591. The summed E-state index contributed by atoms with van der Waals surface area (Å²) >= 11 is 0. The second-order valence-corrected chi connectivity index (χ2v) is 14.3. The Morgan fingerprint density at radius 2 is 0.860 bits per heavy atom. The Bertz CT molecular complexity index is 2720. The molecule has 0 aliphatic carbocycles.